The highest BCUT2D eigenvalue weighted by atomic mass is 35.5. The van der Waals surface area contributed by atoms with Crippen molar-refractivity contribution in [3.63, 3.8) is 0 Å². The van der Waals surface area contributed by atoms with Crippen molar-refractivity contribution < 1.29 is 0 Å². The van der Waals surface area contributed by atoms with Crippen LogP contribution in [0.5, 0.6) is 0 Å². The first-order valence-electron chi connectivity index (χ1n) is 5.16. The van der Waals surface area contributed by atoms with Crippen molar-refractivity contribution >= 4 is 89.5 Å². The van der Waals surface area contributed by atoms with Crippen LogP contribution in [0.3, 0.4) is 0 Å². The summed E-state index contributed by atoms with van der Waals surface area (Å²) in [7, 11) is -0.917. The SMILES string of the molecule is Clc1ccc([SiH2]c2ccc(Cl)c(Cl)c2Cl)c(Cl)c1Cl. The lowest BCUT2D eigenvalue weighted by molar-refractivity contribution is 1.73. The second-order valence-corrected chi connectivity index (χ2v) is 8.05. The molecule has 0 heterocycles. The maximum absolute atomic E-state index is 6.19. The van der Waals surface area contributed by atoms with Gasteiger partial charge in [0.05, 0.1) is 39.7 Å². The van der Waals surface area contributed by atoms with Crippen LogP contribution in [-0.2, 0) is 0 Å². The van der Waals surface area contributed by atoms with Crippen LogP contribution in [0.2, 0.25) is 30.1 Å². The highest BCUT2D eigenvalue weighted by Crippen LogP contribution is 2.29. The van der Waals surface area contributed by atoms with Crippen LogP contribution in [0.15, 0.2) is 24.3 Å². The third-order valence-electron chi connectivity index (χ3n) is 2.61. The van der Waals surface area contributed by atoms with Gasteiger partial charge in [-0.25, -0.2) is 0 Å². The monoisotopic (exact) mass is 388 g/mol. The topological polar surface area (TPSA) is 0 Å². The third-order valence-corrected chi connectivity index (χ3v) is 7.67. The third kappa shape index (κ3) is 3.35. The molecule has 0 aliphatic rings. The Kier molecular flexibility index (Phi) is 5.35. The smallest absolute Gasteiger partial charge is 0.0828 e. The molecule has 2 rings (SSSR count). The Balaban J connectivity index is 2.43. The van der Waals surface area contributed by atoms with Gasteiger partial charge in [-0.2, -0.15) is 0 Å². The first-order chi connectivity index (χ1) is 8.91. The van der Waals surface area contributed by atoms with Crippen LogP contribution in [0.25, 0.3) is 0 Å². The summed E-state index contributed by atoms with van der Waals surface area (Å²) in [5, 5.41) is 4.46. The second kappa shape index (κ2) is 6.44. The second-order valence-electron chi connectivity index (χ2n) is 3.85. The normalized spacial score (nSPS) is 10.8. The molecule has 19 heavy (non-hydrogen) atoms. The average Bonchev–Trinajstić information content (AvgIpc) is 2.39. The summed E-state index contributed by atoms with van der Waals surface area (Å²) >= 11 is 36.2. The molecule has 0 radical (unpaired) electrons. The molecule has 0 aliphatic carbocycles. The summed E-state index contributed by atoms with van der Waals surface area (Å²) in [6.45, 7) is 0. The molecule has 0 nitrogen and oxygen atoms in total. The molecule has 0 amide bonds. The van der Waals surface area contributed by atoms with Gasteiger partial charge in [-0.3, -0.25) is 0 Å². The van der Waals surface area contributed by atoms with Crippen LogP contribution in [0.4, 0.5) is 0 Å². The highest BCUT2D eigenvalue weighted by molar-refractivity contribution is 6.74. The standard InChI is InChI=1S/C12H6Cl6Si/c13-5-1-3-7(11(17)9(5)15)19-8-4-2-6(14)10(16)12(8)18/h1-4H,19H2. The van der Waals surface area contributed by atoms with E-state index in [9.17, 15) is 0 Å². The lowest BCUT2D eigenvalue weighted by Crippen LogP contribution is -2.29. The fourth-order valence-corrected chi connectivity index (χ4v) is 4.89. The fourth-order valence-electron chi connectivity index (χ4n) is 1.61. The minimum atomic E-state index is -0.917. The predicted octanol–water partition coefficient (Wildman–Crippen LogP) is 4.73. The number of hydrogen-bond donors (Lipinski definition) is 0. The number of hydrogen-bond acceptors (Lipinski definition) is 0. The van der Waals surface area contributed by atoms with E-state index in [1.165, 1.54) is 0 Å². The van der Waals surface area contributed by atoms with E-state index < -0.39 is 9.52 Å². The molecule has 2 aromatic rings. The van der Waals surface area contributed by atoms with Gasteiger partial charge < -0.3 is 0 Å². The first-order valence-corrected chi connectivity index (χ1v) is 8.84. The minimum Gasteiger partial charge on any atom is -0.0828 e. The van der Waals surface area contributed by atoms with Gasteiger partial charge in [-0.15, -0.1) is 0 Å². The molecule has 100 valence electrons. The zero-order chi connectivity index (χ0) is 14.2. The van der Waals surface area contributed by atoms with E-state index in [1.54, 1.807) is 12.1 Å². The van der Waals surface area contributed by atoms with Crippen molar-refractivity contribution in [3.05, 3.63) is 54.4 Å². The molecule has 0 bridgehead atoms. The maximum Gasteiger partial charge on any atom is 0.0915 e. The fraction of sp³-hybridized carbons (Fsp3) is 0. The van der Waals surface area contributed by atoms with Gasteiger partial charge in [-0.1, -0.05) is 81.7 Å². The van der Waals surface area contributed by atoms with Crippen molar-refractivity contribution in [1.82, 2.24) is 0 Å². The van der Waals surface area contributed by atoms with Crippen LogP contribution in [0, 0.1) is 0 Å². The van der Waals surface area contributed by atoms with Crippen molar-refractivity contribution in [1.29, 1.82) is 0 Å². The maximum atomic E-state index is 6.19. The zero-order valence-electron chi connectivity index (χ0n) is 9.28. The van der Waals surface area contributed by atoms with E-state index in [0.29, 0.717) is 30.1 Å². The Hall–Kier alpha value is 0.397. The average molecular weight is 391 g/mol. The van der Waals surface area contributed by atoms with E-state index in [-0.39, 0.29) is 0 Å². The largest absolute Gasteiger partial charge is 0.0915 e. The molecular weight excluding hydrogens is 385 g/mol. The van der Waals surface area contributed by atoms with Gasteiger partial charge in [0.2, 0.25) is 0 Å². The summed E-state index contributed by atoms with van der Waals surface area (Å²) in [5.41, 5.74) is 0. The Morgan fingerprint density at radius 2 is 0.895 bits per heavy atom. The van der Waals surface area contributed by atoms with Crippen LogP contribution in [-0.4, -0.2) is 9.52 Å². The number of rotatable bonds is 2. The minimum absolute atomic E-state index is 0.365. The summed E-state index contributed by atoms with van der Waals surface area (Å²) in [4.78, 5) is 0. The molecule has 0 fully saturated rings. The van der Waals surface area contributed by atoms with Crippen molar-refractivity contribution in [2.45, 2.75) is 0 Å². The van der Waals surface area contributed by atoms with Gasteiger partial charge in [-0.05, 0) is 22.5 Å². The molecule has 0 aliphatic heterocycles. The van der Waals surface area contributed by atoms with Crippen LogP contribution >= 0.6 is 69.6 Å². The highest BCUT2D eigenvalue weighted by Gasteiger charge is 2.13. The predicted molar refractivity (Wildman–Crippen MR) is 90.8 cm³/mol. The van der Waals surface area contributed by atoms with E-state index in [0.717, 1.165) is 10.4 Å². The molecule has 7 heteroatoms. The molecule has 0 saturated heterocycles. The molecule has 2 aromatic carbocycles. The Bertz CT molecular complexity index is 585. The summed E-state index contributed by atoms with van der Waals surface area (Å²) in [5.74, 6) is 0. The van der Waals surface area contributed by atoms with E-state index >= 15 is 0 Å². The number of benzene rings is 2. The van der Waals surface area contributed by atoms with Gasteiger partial charge in [0.15, 0.2) is 0 Å². The summed E-state index contributed by atoms with van der Waals surface area (Å²) < 4.78 is 0. The lowest BCUT2D eigenvalue weighted by Gasteiger charge is -2.10. The zero-order valence-corrected chi connectivity index (χ0v) is 15.2. The Morgan fingerprint density at radius 1 is 0.526 bits per heavy atom. The van der Waals surface area contributed by atoms with Gasteiger partial charge in [0.1, 0.15) is 0 Å². The van der Waals surface area contributed by atoms with E-state index in [1.807, 2.05) is 12.1 Å². The van der Waals surface area contributed by atoms with E-state index in [4.69, 9.17) is 69.6 Å². The molecule has 0 N–H and O–H groups in total. The molecule has 0 saturated carbocycles. The summed E-state index contributed by atoms with van der Waals surface area (Å²) in [6.07, 6.45) is 0. The lowest BCUT2D eigenvalue weighted by atomic mass is 10.3. The molecule has 0 spiro atoms. The van der Waals surface area contributed by atoms with Crippen molar-refractivity contribution in [3.8, 4) is 0 Å². The Morgan fingerprint density at radius 3 is 1.26 bits per heavy atom. The molecule has 0 unspecified atom stereocenters. The van der Waals surface area contributed by atoms with Gasteiger partial charge in [0, 0.05) is 0 Å². The molecule has 0 aromatic heterocycles. The first kappa shape index (κ1) is 15.8. The summed E-state index contributed by atoms with van der Waals surface area (Å²) in [6, 6.07) is 7.18. The molecular formula is C12H6Cl6Si. The van der Waals surface area contributed by atoms with Crippen molar-refractivity contribution in [2.75, 3.05) is 0 Å². The van der Waals surface area contributed by atoms with Crippen LogP contribution in [0.1, 0.15) is 0 Å². The van der Waals surface area contributed by atoms with Crippen LogP contribution < -0.4 is 10.4 Å². The van der Waals surface area contributed by atoms with Gasteiger partial charge in [0.25, 0.3) is 0 Å². The van der Waals surface area contributed by atoms with Gasteiger partial charge >= 0.3 is 0 Å². The quantitative estimate of drug-likeness (QED) is 0.513. The Labute approximate surface area is 143 Å². The molecule has 0 atom stereocenters. The van der Waals surface area contributed by atoms with E-state index in [2.05, 4.69) is 0 Å². The van der Waals surface area contributed by atoms with Crippen molar-refractivity contribution in [2.24, 2.45) is 0 Å². The number of halogens is 6.